The van der Waals surface area contributed by atoms with Crippen molar-refractivity contribution >= 4 is 40.2 Å². The molecule has 2 rings (SSSR count). The normalized spacial score (nSPS) is 11.1. The standard InChI is InChI=1S/C22H28N4O3S2/c1-4-6-7-8-11-29-18-10-9-16(14-19(18)28-3)13-17(15-23)20(27)24-21-25-26-22(31-21)30-12-5-2/h9-10,13-14H,4-8,11-12H2,1-3H3,(H,24,25,27)/b17-13+. The molecular formula is C22H28N4O3S2. The number of aromatic nitrogens is 2. The summed E-state index contributed by atoms with van der Waals surface area (Å²) in [6, 6.07) is 7.27. The Morgan fingerprint density at radius 1 is 1.23 bits per heavy atom. The molecule has 0 aliphatic heterocycles. The third-order valence-electron chi connectivity index (χ3n) is 4.18. The molecule has 1 heterocycles. The van der Waals surface area contributed by atoms with Gasteiger partial charge in [0.15, 0.2) is 15.8 Å². The van der Waals surface area contributed by atoms with Gasteiger partial charge in [0.2, 0.25) is 5.13 Å². The number of carbonyl (C=O) groups excluding carboxylic acids is 1. The molecule has 0 bridgehead atoms. The van der Waals surface area contributed by atoms with Gasteiger partial charge in [0, 0.05) is 5.75 Å². The summed E-state index contributed by atoms with van der Waals surface area (Å²) >= 11 is 2.88. The van der Waals surface area contributed by atoms with Gasteiger partial charge in [-0.25, -0.2) is 0 Å². The maximum absolute atomic E-state index is 12.5. The average Bonchev–Trinajstić information content (AvgIpc) is 3.23. The lowest BCUT2D eigenvalue weighted by Crippen LogP contribution is -2.13. The molecule has 0 radical (unpaired) electrons. The number of amides is 1. The maximum atomic E-state index is 12.5. The molecule has 0 atom stereocenters. The Labute approximate surface area is 191 Å². The molecule has 1 aromatic heterocycles. The molecule has 0 fully saturated rings. The SMILES string of the molecule is CCCCCCOc1ccc(/C=C(\C#N)C(=O)Nc2nnc(SCCC)s2)cc1OC. The Morgan fingerprint density at radius 3 is 2.77 bits per heavy atom. The molecule has 0 aliphatic rings. The monoisotopic (exact) mass is 460 g/mol. The number of rotatable bonds is 13. The fourth-order valence-electron chi connectivity index (χ4n) is 2.59. The third-order valence-corrected chi connectivity index (χ3v) is 6.35. The Hall–Kier alpha value is -2.57. The van der Waals surface area contributed by atoms with E-state index in [1.807, 2.05) is 6.07 Å². The van der Waals surface area contributed by atoms with Gasteiger partial charge in [0.1, 0.15) is 11.6 Å². The second kappa shape index (κ2) is 13.7. The van der Waals surface area contributed by atoms with Crippen LogP contribution in [-0.4, -0.2) is 35.6 Å². The lowest BCUT2D eigenvalue weighted by Gasteiger charge is -2.11. The first-order chi connectivity index (χ1) is 15.1. The zero-order chi connectivity index (χ0) is 22.5. The van der Waals surface area contributed by atoms with E-state index in [4.69, 9.17) is 9.47 Å². The van der Waals surface area contributed by atoms with Crippen molar-refractivity contribution in [1.82, 2.24) is 10.2 Å². The van der Waals surface area contributed by atoms with Gasteiger partial charge in [0.05, 0.1) is 13.7 Å². The molecule has 0 saturated carbocycles. The molecule has 0 saturated heterocycles. The van der Waals surface area contributed by atoms with Crippen molar-refractivity contribution < 1.29 is 14.3 Å². The number of anilines is 1. The first-order valence-electron chi connectivity index (χ1n) is 10.3. The van der Waals surface area contributed by atoms with Crippen LogP contribution in [0.5, 0.6) is 11.5 Å². The van der Waals surface area contributed by atoms with Crippen molar-refractivity contribution in [2.24, 2.45) is 0 Å². The summed E-state index contributed by atoms with van der Waals surface area (Å²) in [7, 11) is 1.56. The van der Waals surface area contributed by atoms with Crippen LogP contribution in [0.15, 0.2) is 28.1 Å². The number of thioether (sulfide) groups is 1. The fraction of sp³-hybridized carbons (Fsp3) is 0.455. The minimum absolute atomic E-state index is 0.0340. The van der Waals surface area contributed by atoms with E-state index in [0.29, 0.717) is 28.8 Å². The van der Waals surface area contributed by atoms with Gasteiger partial charge in [-0.05, 0) is 36.6 Å². The summed E-state index contributed by atoms with van der Waals surface area (Å²) in [6.45, 7) is 4.88. The van der Waals surface area contributed by atoms with E-state index in [-0.39, 0.29) is 5.57 Å². The van der Waals surface area contributed by atoms with E-state index in [9.17, 15) is 10.1 Å². The minimum atomic E-state index is -0.527. The van der Waals surface area contributed by atoms with Crippen LogP contribution in [0, 0.1) is 11.3 Å². The molecule has 0 spiro atoms. The van der Waals surface area contributed by atoms with Crippen molar-refractivity contribution in [2.75, 3.05) is 24.8 Å². The van der Waals surface area contributed by atoms with E-state index in [0.717, 1.165) is 29.4 Å². The van der Waals surface area contributed by atoms with Gasteiger partial charge in [-0.1, -0.05) is 62.3 Å². The van der Waals surface area contributed by atoms with Gasteiger partial charge >= 0.3 is 0 Å². The Bertz CT molecular complexity index is 922. The molecule has 2 aromatic rings. The zero-order valence-electron chi connectivity index (χ0n) is 18.1. The van der Waals surface area contributed by atoms with Crippen molar-refractivity contribution in [1.29, 1.82) is 5.26 Å². The van der Waals surface area contributed by atoms with Crippen molar-refractivity contribution in [2.45, 2.75) is 50.3 Å². The van der Waals surface area contributed by atoms with Crippen LogP contribution < -0.4 is 14.8 Å². The molecule has 1 N–H and O–H groups in total. The summed E-state index contributed by atoms with van der Waals surface area (Å²) in [5.74, 6) is 1.61. The summed E-state index contributed by atoms with van der Waals surface area (Å²) in [4.78, 5) is 12.5. The fourth-order valence-corrected chi connectivity index (χ4v) is 4.26. The van der Waals surface area contributed by atoms with Gasteiger partial charge in [-0.3, -0.25) is 10.1 Å². The van der Waals surface area contributed by atoms with Crippen LogP contribution >= 0.6 is 23.1 Å². The summed E-state index contributed by atoms with van der Waals surface area (Å²) in [5, 5.41) is 20.5. The number of nitriles is 1. The minimum Gasteiger partial charge on any atom is -0.493 e. The number of hydrogen-bond donors (Lipinski definition) is 1. The number of ether oxygens (including phenoxy) is 2. The van der Waals surface area contributed by atoms with E-state index < -0.39 is 5.91 Å². The number of hydrogen-bond acceptors (Lipinski definition) is 8. The highest BCUT2D eigenvalue weighted by atomic mass is 32.2. The lowest BCUT2D eigenvalue weighted by molar-refractivity contribution is -0.112. The quantitative estimate of drug-likeness (QED) is 0.137. The van der Waals surface area contributed by atoms with Crippen molar-refractivity contribution in [3.63, 3.8) is 0 Å². The van der Waals surface area contributed by atoms with Crippen LogP contribution in [0.4, 0.5) is 5.13 Å². The van der Waals surface area contributed by atoms with Gasteiger partial charge in [-0.2, -0.15) is 5.26 Å². The number of benzene rings is 1. The smallest absolute Gasteiger partial charge is 0.268 e. The zero-order valence-corrected chi connectivity index (χ0v) is 19.8. The topological polar surface area (TPSA) is 97.1 Å². The number of unbranched alkanes of at least 4 members (excludes halogenated alkanes) is 3. The van der Waals surface area contributed by atoms with Crippen LogP contribution in [-0.2, 0) is 4.79 Å². The Balaban J connectivity index is 2.04. The average molecular weight is 461 g/mol. The number of nitrogens with zero attached hydrogens (tertiary/aromatic N) is 3. The Morgan fingerprint density at radius 2 is 2.06 bits per heavy atom. The number of nitrogens with one attached hydrogen (secondary N) is 1. The van der Waals surface area contributed by atoms with E-state index >= 15 is 0 Å². The molecule has 166 valence electrons. The number of carbonyl (C=O) groups is 1. The van der Waals surface area contributed by atoms with Crippen LogP contribution in [0.3, 0.4) is 0 Å². The number of methoxy groups -OCH3 is 1. The summed E-state index contributed by atoms with van der Waals surface area (Å²) in [6.07, 6.45) is 7.03. The highest BCUT2D eigenvalue weighted by Crippen LogP contribution is 2.30. The van der Waals surface area contributed by atoms with Gasteiger partial charge < -0.3 is 9.47 Å². The highest BCUT2D eigenvalue weighted by molar-refractivity contribution is 8.01. The summed E-state index contributed by atoms with van der Waals surface area (Å²) < 4.78 is 12.0. The van der Waals surface area contributed by atoms with Gasteiger partial charge in [0.25, 0.3) is 5.91 Å². The van der Waals surface area contributed by atoms with Gasteiger partial charge in [-0.15, -0.1) is 10.2 Å². The third kappa shape index (κ3) is 8.23. The van der Waals surface area contributed by atoms with E-state index in [1.165, 1.54) is 30.3 Å². The molecule has 1 amide bonds. The van der Waals surface area contributed by atoms with Crippen LogP contribution in [0.25, 0.3) is 6.08 Å². The first kappa shape index (κ1) is 24.7. The van der Waals surface area contributed by atoms with Crippen molar-refractivity contribution in [3.8, 4) is 17.6 Å². The molecule has 0 aliphatic carbocycles. The predicted octanol–water partition coefficient (Wildman–Crippen LogP) is 5.55. The van der Waals surface area contributed by atoms with Crippen LogP contribution in [0.1, 0.15) is 51.5 Å². The van der Waals surface area contributed by atoms with E-state index in [1.54, 1.807) is 37.1 Å². The predicted molar refractivity (Wildman–Crippen MR) is 126 cm³/mol. The van der Waals surface area contributed by atoms with Crippen molar-refractivity contribution in [3.05, 3.63) is 29.3 Å². The molecule has 9 heteroatoms. The molecular weight excluding hydrogens is 432 g/mol. The first-order valence-corrected chi connectivity index (χ1v) is 12.1. The lowest BCUT2D eigenvalue weighted by atomic mass is 10.1. The second-order valence-corrected chi connectivity index (χ2v) is 8.98. The second-order valence-electron chi connectivity index (χ2n) is 6.66. The molecule has 7 nitrogen and oxygen atoms in total. The molecule has 1 aromatic carbocycles. The highest BCUT2D eigenvalue weighted by Gasteiger charge is 2.14. The maximum Gasteiger partial charge on any atom is 0.268 e. The van der Waals surface area contributed by atoms with Crippen LogP contribution in [0.2, 0.25) is 0 Å². The Kier molecular flexibility index (Phi) is 10.9. The summed E-state index contributed by atoms with van der Waals surface area (Å²) in [5.41, 5.74) is 0.631. The molecule has 0 unspecified atom stereocenters. The van der Waals surface area contributed by atoms with E-state index in [2.05, 4.69) is 29.4 Å². The largest absolute Gasteiger partial charge is 0.493 e. The molecule has 31 heavy (non-hydrogen) atoms.